The second kappa shape index (κ2) is 7.73. The first-order valence-corrected chi connectivity index (χ1v) is 9.30. The van der Waals surface area contributed by atoms with Gasteiger partial charge in [0.25, 0.3) is 0 Å². The zero-order valence-electron chi connectivity index (χ0n) is 13.3. The predicted octanol–water partition coefficient (Wildman–Crippen LogP) is 4.95. The fourth-order valence-corrected chi connectivity index (χ4v) is 4.32. The molecule has 0 amide bonds. The van der Waals surface area contributed by atoms with Gasteiger partial charge in [-0.3, -0.25) is 0 Å². The molecule has 0 saturated heterocycles. The van der Waals surface area contributed by atoms with Crippen LogP contribution in [0, 0.1) is 5.92 Å². The Morgan fingerprint density at radius 3 is 2.61 bits per heavy atom. The van der Waals surface area contributed by atoms with Crippen molar-refractivity contribution in [2.75, 3.05) is 0 Å². The summed E-state index contributed by atoms with van der Waals surface area (Å²) in [6.07, 6.45) is 9.40. The number of nitrogens with zero attached hydrogens (tertiary/aromatic N) is 1. The van der Waals surface area contributed by atoms with Crippen molar-refractivity contribution in [1.82, 2.24) is 4.98 Å². The minimum atomic E-state index is -0.850. The van der Waals surface area contributed by atoms with Crippen LogP contribution < -0.4 is 0 Å². The van der Waals surface area contributed by atoms with E-state index in [2.05, 4.69) is 4.98 Å². The average molecular weight is 329 g/mol. The minimum Gasteiger partial charge on any atom is -0.477 e. The first kappa shape index (κ1) is 16.2. The van der Waals surface area contributed by atoms with Gasteiger partial charge in [0.15, 0.2) is 0 Å². The highest BCUT2D eigenvalue weighted by Gasteiger charge is 2.19. The van der Waals surface area contributed by atoms with Gasteiger partial charge in [-0.05, 0) is 24.3 Å². The summed E-state index contributed by atoms with van der Waals surface area (Å²) in [4.78, 5) is 16.6. The van der Waals surface area contributed by atoms with Crippen molar-refractivity contribution >= 4 is 17.3 Å². The Bertz CT molecular complexity index is 645. The molecule has 0 radical (unpaired) electrons. The monoisotopic (exact) mass is 329 g/mol. The maximum Gasteiger partial charge on any atom is 0.347 e. The molecule has 0 aliphatic heterocycles. The van der Waals surface area contributed by atoms with E-state index in [1.165, 1.54) is 43.4 Å². The highest BCUT2D eigenvalue weighted by atomic mass is 32.1. The van der Waals surface area contributed by atoms with E-state index in [9.17, 15) is 9.90 Å². The van der Waals surface area contributed by atoms with E-state index in [4.69, 9.17) is 0 Å². The largest absolute Gasteiger partial charge is 0.477 e. The fourth-order valence-electron chi connectivity index (χ4n) is 3.39. The van der Waals surface area contributed by atoms with Crippen molar-refractivity contribution in [3.8, 4) is 0 Å². The molecule has 3 rings (SSSR count). The number of hydrogen-bond acceptors (Lipinski definition) is 3. The van der Waals surface area contributed by atoms with E-state index in [-0.39, 0.29) is 0 Å². The van der Waals surface area contributed by atoms with Crippen molar-refractivity contribution in [3.63, 3.8) is 0 Å². The summed E-state index contributed by atoms with van der Waals surface area (Å²) in [5.41, 5.74) is 1.83. The van der Waals surface area contributed by atoms with E-state index in [0.29, 0.717) is 17.0 Å². The maximum absolute atomic E-state index is 11.5. The minimum absolute atomic E-state index is 0.410. The number of aryl methyl sites for hydroxylation is 1. The Morgan fingerprint density at radius 2 is 1.91 bits per heavy atom. The third-order valence-corrected chi connectivity index (χ3v) is 5.79. The smallest absolute Gasteiger partial charge is 0.347 e. The SMILES string of the molecule is O=C(O)c1sc(CCC2CCCCC2)nc1Cc1ccccc1. The Hall–Kier alpha value is -1.68. The Balaban J connectivity index is 1.69. The van der Waals surface area contributed by atoms with E-state index in [1.54, 1.807) is 0 Å². The first-order valence-electron chi connectivity index (χ1n) is 8.48. The van der Waals surface area contributed by atoms with E-state index >= 15 is 0 Å². The topological polar surface area (TPSA) is 50.2 Å². The van der Waals surface area contributed by atoms with Crippen LogP contribution in [0.25, 0.3) is 0 Å². The van der Waals surface area contributed by atoms with Gasteiger partial charge in [-0.2, -0.15) is 0 Å². The molecule has 1 N–H and O–H groups in total. The van der Waals surface area contributed by atoms with Gasteiger partial charge in [-0.1, -0.05) is 62.4 Å². The zero-order chi connectivity index (χ0) is 16.1. The Morgan fingerprint density at radius 1 is 1.17 bits per heavy atom. The summed E-state index contributed by atoms with van der Waals surface area (Å²) in [6.45, 7) is 0. The third-order valence-electron chi connectivity index (χ3n) is 4.64. The molecule has 23 heavy (non-hydrogen) atoms. The van der Waals surface area contributed by atoms with Gasteiger partial charge < -0.3 is 5.11 Å². The molecule has 1 saturated carbocycles. The van der Waals surface area contributed by atoms with Crippen LogP contribution in [0.1, 0.15) is 64.5 Å². The van der Waals surface area contributed by atoms with Crippen molar-refractivity contribution in [3.05, 3.63) is 51.5 Å². The van der Waals surface area contributed by atoms with E-state index in [0.717, 1.165) is 29.3 Å². The molecule has 1 heterocycles. The van der Waals surface area contributed by atoms with Crippen LogP contribution in [0.4, 0.5) is 0 Å². The van der Waals surface area contributed by atoms with Crippen LogP contribution in [0.3, 0.4) is 0 Å². The second-order valence-corrected chi connectivity index (χ2v) is 7.48. The molecule has 122 valence electrons. The van der Waals surface area contributed by atoms with Gasteiger partial charge in [-0.25, -0.2) is 9.78 Å². The molecule has 1 aliphatic rings. The molecular formula is C19H23NO2S. The fraction of sp³-hybridized carbons (Fsp3) is 0.474. The molecule has 0 unspecified atom stereocenters. The number of thiazole rings is 1. The van der Waals surface area contributed by atoms with E-state index in [1.807, 2.05) is 30.3 Å². The maximum atomic E-state index is 11.5. The number of aromatic carboxylic acids is 1. The van der Waals surface area contributed by atoms with Gasteiger partial charge in [-0.15, -0.1) is 11.3 Å². The van der Waals surface area contributed by atoms with E-state index < -0.39 is 5.97 Å². The number of carboxylic acid groups (broad SMARTS) is 1. The van der Waals surface area contributed by atoms with Crippen molar-refractivity contribution in [1.29, 1.82) is 0 Å². The molecular weight excluding hydrogens is 306 g/mol. The van der Waals surface area contributed by atoms with Crippen LogP contribution in [0.15, 0.2) is 30.3 Å². The molecule has 3 nitrogen and oxygen atoms in total. The number of rotatable bonds is 6. The third kappa shape index (κ3) is 4.41. The molecule has 2 aromatic rings. The lowest BCUT2D eigenvalue weighted by atomic mass is 9.86. The van der Waals surface area contributed by atoms with Crippen LogP contribution >= 0.6 is 11.3 Å². The summed E-state index contributed by atoms with van der Waals surface area (Å²) in [5.74, 6) is -0.0455. The summed E-state index contributed by atoms with van der Waals surface area (Å²) in [5, 5.41) is 10.4. The van der Waals surface area contributed by atoms with Gasteiger partial charge in [0.1, 0.15) is 4.88 Å². The highest BCUT2D eigenvalue weighted by molar-refractivity contribution is 7.13. The van der Waals surface area contributed by atoms with Crippen molar-refractivity contribution in [2.24, 2.45) is 5.92 Å². The quantitative estimate of drug-likeness (QED) is 0.816. The number of hydrogen-bond donors (Lipinski definition) is 1. The van der Waals surface area contributed by atoms with Crippen molar-refractivity contribution in [2.45, 2.75) is 51.4 Å². The highest BCUT2D eigenvalue weighted by Crippen LogP contribution is 2.29. The van der Waals surface area contributed by atoms with Gasteiger partial charge in [0.2, 0.25) is 0 Å². The zero-order valence-corrected chi connectivity index (χ0v) is 14.1. The number of carbonyl (C=O) groups is 1. The van der Waals surface area contributed by atoms with Gasteiger partial charge in [0, 0.05) is 6.42 Å². The average Bonchev–Trinajstić information content (AvgIpc) is 2.98. The lowest BCUT2D eigenvalue weighted by molar-refractivity contribution is 0.0701. The Labute approximate surface area is 141 Å². The lowest BCUT2D eigenvalue weighted by Crippen LogP contribution is -2.07. The van der Waals surface area contributed by atoms with Crippen molar-refractivity contribution < 1.29 is 9.90 Å². The Kier molecular flexibility index (Phi) is 5.44. The normalized spacial score (nSPS) is 15.7. The standard InChI is InChI=1S/C19H23NO2S/c21-19(22)18-16(13-15-9-5-2-6-10-15)20-17(23-18)12-11-14-7-3-1-4-8-14/h2,5-6,9-10,14H,1,3-4,7-8,11-13H2,(H,21,22). The van der Waals surface area contributed by atoms with Gasteiger partial charge >= 0.3 is 5.97 Å². The summed E-state index contributed by atoms with van der Waals surface area (Å²) < 4.78 is 0. The number of aromatic nitrogens is 1. The summed E-state index contributed by atoms with van der Waals surface area (Å²) >= 11 is 1.36. The number of carboxylic acids is 1. The van der Waals surface area contributed by atoms with Gasteiger partial charge in [0.05, 0.1) is 10.7 Å². The predicted molar refractivity (Wildman–Crippen MR) is 93.2 cm³/mol. The number of benzene rings is 1. The lowest BCUT2D eigenvalue weighted by Gasteiger charge is -2.20. The molecule has 0 spiro atoms. The molecule has 0 bridgehead atoms. The molecule has 0 atom stereocenters. The molecule has 1 fully saturated rings. The van der Waals surface area contributed by atoms with Crippen LogP contribution in [0.2, 0.25) is 0 Å². The first-order chi connectivity index (χ1) is 11.2. The molecule has 1 aromatic carbocycles. The van der Waals surface area contributed by atoms with Crippen LogP contribution in [0.5, 0.6) is 0 Å². The second-order valence-electron chi connectivity index (χ2n) is 6.39. The molecule has 1 aliphatic carbocycles. The summed E-state index contributed by atoms with van der Waals surface area (Å²) in [7, 11) is 0. The van der Waals surface area contributed by atoms with Crippen LogP contribution in [-0.2, 0) is 12.8 Å². The molecule has 1 aromatic heterocycles. The van der Waals surface area contributed by atoms with Crippen LogP contribution in [-0.4, -0.2) is 16.1 Å². The molecule has 4 heteroatoms. The summed E-state index contributed by atoms with van der Waals surface area (Å²) in [6, 6.07) is 9.97.